The maximum atomic E-state index is 11.8. The zero-order valence-corrected chi connectivity index (χ0v) is 10.6. The van der Waals surface area contributed by atoms with Crippen LogP contribution in [0, 0.1) is 11.3 Å². The van der Waals surface area contributed by atoms with E-state index in [1.54, 1.807) is 0 Å². The Balaban J connectivity index is 2.37. The van der Waals surface area contributed by atoms with E-state index in [1.807, 2.05) is 13.8 Å². The van der Waals surface area contributed by atoms with E-state index in [9.17, 15) is 4.79 Å². The Morgan fingerprint density at radius 3 is 2.81 bits per heavy atom. The molecule has 1 rings (SSSR count). The zero-order chi connectivity index (χ0) is 12.2. The van der Waals surface area contributed by atoms with Crippen LogP contribution in [-0.4, -0.2) is 31.7 Å². The van der Waals surface area contributed by atoms with Gasteiger partial charge in [-0.25, -0.2) is 0 Å². The zero-order valence-electron chi connectivity index (χ0n) is 10.6. The van der Waals surface area contributed by atoms with Gasteiger partial charge in [-0.1, -0.05) is 6.92 Å². The summed E-state index contributed by atoms with van der Waals surface area (Å²) < 4.78 is 5.58. The van der Waals surface area contributed by atoms with E-state index < -0.39 is 5.41 Å². The van der Waals surface area contributed by atoms with Gasteiger partial charge in [-0.2, -0.15) is 0 Å². The highest BCUT2D eigenvalue weighted by molar-refractivity contribution is 5.82. The van der Waals surface area contributed by atoms with Crippen molar-refractivity contribution in [1.29, 1.82) is 0 Å². The summed E-state index contributed by atoms with van der Waals surface area (Å²) in [7, 11) is 0. The molecule has 0 bridgehead atoms. The SMILES string of the molecule is CCC1OCCC1CNC(=O)C(C)(C)CN. The normalized spacial score (nSPS) is 25.8. The van der Waals surface area contributed by atoms with Crippen molar-refractivity contribution in [2.24, 2.45) is 17.1 Å². The molecule has 0 saturated carbocycles. The van der Waals surface area contributed by atoms with Gasteiger partial charge in [0.15, 0.2) is 0 Å². The molecule has 0 aromatic carbocycles. The van der Waals surface area contributed by atoms with Gasteiger partial charge >= 0.3 is 0 Å². The maximum absolute atomic E-state index is 11.8. The van der Waals surface area contributed by atoms with E-state index in [-0.39, 0.29) is 5.91 Å². The van der Waals surface area contributed by atoms with Gasteiger partial charge in [0, 0.05) is 25.6 Å². The molecule has 0 aliphatic carbocycles. The van der Waals surface area contributed by atoms with Gasteiger partial charge in [-0.3, -0.25) is 4.79 Å². The van der Waals surface area contributed by atoms with Crippen LogP contribution < -0.4 is 11.1 Å². The van der Waals surface area contributed by atoms with Crippen LogP contribution in [0.25, 0.3) is 0 Å². The van der Waals surface area contributed by atoms with Gasteiger partial charge in [-0.15, -0.1) is 0 Å². The molecular weight excluding hydrogens is 204 g/mol. The first-order valence-electron chi connectivity index (χ1n) is 6.11. The summed E-state index contributed by atoms with van der Waals surface area (Å²) in [5, 5.41) is 2.98. The number of hydrogen-bond donors (Lipinski definition) is 2. The molecule has 4 nitrogen and oxygen atoms in total. The predicted molar refractivity (Wildman–Crippen MR) is 64.0 cm³/mol. The molecule has 3 N–H and O–H groups in total. The van der Waals surface area contributed by atoms with Crippen LogP contribution >= 0.6 is 0 Å². The first kappa shape index (κ1) is 13.5. The van der Waals surface area contributed by atoms with Crippen molar-refractivity contribution >= 4 is 5.91 Å². The first-order valence-corrected chi connectivity index (χ1v) is 6.11. The Kier molecular flexibility index (Phi) is 4.74. The summed E-state index contributed by atoms with van der Waals surface area (Å²) in [5.74, 6) is 0.499. The molecule has 0 aromatic heterocycles. The number of nitrogens with one attached hydrogen (secondary N) is 1. The summed E-state index contributed by atoms with van der Waals surface area (Å²) in [6.07, 6.45) is 2.36. The number of carbonyl (C=O) groups excluding carboxylic acids is 1. The van der Waals surface area contributed by atoms with Crippen molar-refractivity contribution in [3.05, 3.63) is 0 Å². The van der Waals surface area contributed by atoms with E-state index in [0.717, 1.165) is 19.4 Å². The van der Waals surface area contributed by atoms with E-state index >= 15 is 0 Å². The van der Waals surface area contributed by atoms with Gasteiger partial charge in [-0.05, 0) is 26.7 Å². The third kappa shape index (κ3) is 3.19. The first-order chi connectivity index (χ1) is 7.51. The van der Waals surface area contributed by atoms with E-state index in [0.29, 0.717) is 25.1 Å². The average Bonchev–Trinajstić information content (AvgIpc) is 2.72. The van der Waals surface area contributed by atoms with E-state index in [1.165, 1.54) is 0 Å². The fourth-order valence-corrected chi connectivity index (χ4v) is 1.93. The minimum atomic E-state index is -0.471. The lowest BCUT2D eigenvalue weighted by atomic mass is 9.92. The summed E-state index contributed by atoms with van der Waals surface area (Å²) in [6, 6.07) is 0. The van der Waals surface area contributed by atoms with Gasteiger partial charge in [0.25, 0.3) is 0 Å². The lowest BCUT2D eigenvalue weighted by Gasteiger charge is -2.24. The third-order valence-electron chi connectivity index (χ3n) is 3.40. The van der Waals surface area contributed by atoms with Crippen LogP contribution in [0.2, 0.25) is 0 Å². The van der Waals surface area contributed by atoms with Crippen molar-refractivity contribution in [3.8, 4) is 0 Å². The molecule has 2 unspecified atom stereocenters. The molecule has 0 aromatic rings. The molecule has 0 radical (unpaired) electrons. The fraction of sp³-hybridized carbons (Fsp3) is 0.917. The van der Waals surface area contributed by atoms with Crippen LogP contribution in [0.15, 0.2) is 0 Å². The highest BCUT2D eigenvalue weighted by atomic mass is 16.5. The summed E-state index contributed by atoms with van der Waals surface area (Å²) in [5.41, 5.74) is 5.09. The van der Waals surface area contributed by atoms with Crippen molar-refractivity contribution < 1.29 is 9.53 Å². The van der Waals surface area contributed by atoms with Crippen LogP contribution in [0.1, 0.15) is 33.6 Å². The molecule has 1 aliphatic rings. The second-order valence-electron chi connectivity index (χ2n) is 5.16. The minimum absolute atomic E-state index is 0.0387. The van der Waals surface area contributed by atoms with Crippen LogP contribution in [0.5, 0.6) is 0 Å². The van der Waals surface area contributed by atoms with Crippen LogP contribution in [0.3, 0.4) is 0 Å². The van der Waals surface area contributed by atoms with Crippen molar-refractivity contribution in [2.45, 2.75) is 39.7 Å². The fourth-order valence-electron chi connectivity index (χ4n) is 1.93. The molecule has 1 aliphatic heterocycles. The van der Waals surface area contributed by atoms with Gasteiger partial charge < -0.3 is 15.8 Å². The number of rotatable bonds is 5. The van der Waals surface area contributed by atoms with Crippen molar-refractivity contribution in [3.63, 3.8) is 0 Å². The highest BCUT2D eigenvalue weighted by Gasteiger charge is 2.30. The topological polar surface area (TPSA) is 64.3 Å². The second kappa shape index (κ2) is 5.64. The Morgan fingerprint density at radius 1 is 1.56 bits per heavy atom. The van der Waals surface area contributed by atoms with Gasteiger partial charge in [0.1, 0.15) is 0 Å². The lowest BCUT2D eigenvalue weighted by molar-refractivity contribution is -0.129. The molecule has 0 spiro atoms. The molecule has 1 amide bonds. The number of carbonyl (C=O) groups is 1. The molecule has 4 heteroatoms. The molecule has 2 atom stereocenters. The smallest absolute Gasteiger partial charge is 0.226 e. The average molecular weight is 228 g/mol. The third-order valence-corrected chi connectivity index (χ3v) is 3.40. The number of nitrogens with two attached hydrogens (primary N) is 1. The summed E-state index contributed by atoms with van der Waals surface area (Å²) in [6.45, 7) is 7.75. The summed E-state index contributed by atoms with van der Waals surface area (Å²) >= 11 is 0. The van der Waals surface area contributed by atoms with E-state index in [2.05, 4.69) is 12.2 Å². The Hall–Kier alpha value is -0.610. The molecule has 1 fully saturated rings. The number of hydrogen-bond acceptors (Lipinski definition) is 3. The van der Waals surface area contributed by atoms with Crippen molar-refractivity contribution in [1.82, 2.24) is 5.32 Å². The number of amides is 1. The molecule has 1 heterocycles. The second-order valence-corrected chi connectivity index (χ2v) is 5.16. The largest absolute Gasteiger partial charge is 0.378 e. The Labute approximate surface area is 97.9 Å². The molecule has 94 valence electrons. The Bertz CT molecular complexity index is 241. The predicted octanol–water partition coefficient (Wildman–Crippen LogP) is 0.903. The lowest BCUT2D eigenvalue weighted by Crippen LogP contribution is -2.44. The molecular formula is C12H24N2O2. The molecule has 16 heavy (non-hydrogen) atoms. The van der Waals surface area contributed by atoms with Crippen molar-refractivity contribution in [2.75, 3.05) is 19.7 Å². The quantitative estimate of drug-likeness (QED) is 0.735. The highest BCUT2D eigenvalue weighted by Crippen LogP contribution is 2.23. The Morgan fingerprint density at radius 2 is 2.25 bits per heavy atom. The standard InChI is InChI=1S/C12H24N2O2/c1-4-10-9(5-6-16-10)7-14-11(15)12(2,3)8-13/h9-10H,4-8,13H2,1-3H3,(H,14,15). The monoisotopic (exact) mass is 228 g/mol. The maximum Gasteiger partial charge on any atom is 0.226 e. The van der Waals surface area contributed by atoms with Crippen LogP contribution in [-0.2, 0) is 9.53 Å². The van der Waals surface area contributed by atoms with Gasteiger partial charge in [0.2, 0.25) is 5.91 Å². The molecule has 1 saturated heterocycles. The van der Waals surface area contributed by atoms with E-state index in [4.69, 9.17) is 10.5 Å². The summed E-state index contributed by atoms with van der Waals surface area (Å²) in [4.78, 5) is 11.8. The number of ether oxygens (including phenoxy) is 1. The van der Waals surface area contributed by atoms with Gasteiger partial charge in [0.05, 0.1) is 11.5 Å². The minimum Gasteiger partial charge on any atom is -0.378 e. The van der Waals surface area contributed by atoms with Crippen LogP contribution in [0.4, 0.5) is 0 Å².